The molecule has 112 valence electrons. The summed E-state index contributed by atoms with van der Waals surface area (Å²) in [4.78, 5) is 0. The topological polar surface area (TPSA) is 18.5 Å². The number of fused-ring (bicyclic) bond motifs is 1. The summed E-state index contributed by atoms with van der Waals surface area (Å²) >= 11 is 0. The van der Waals surface area contributed by atoms with E-state index >= 15 is 0 Å². The van der Waals surface area contributed by atoms with Crippen molar-refractivity contribution in [2.75, 3.05) is 6.79 Å². The van der Waals surface area contributed by atoms with Crippen molar-refractivity contribution < 1.29 is 9.47 Å². The second-order valence-electron chi connectivity index (χ2n) is 6.39. The molecule has 2 nitrogen and oxygen atoms in total. The van der Waals surface area contributed by atoms with Crippen LogP contribution < -0.4 is 9.47 Å². The molecule has 0 unspecified atom stereocenters. The van der Waals surface area contributed by atoms with Crippen molar-refractivity contribution in [2.24, 2.45) is 0 Å². The van der Waals surface area contributed by atoms with Gasteiger partial charge in [0.25, 0.3) is 0 Å². The Morgan fingerprint density at radius 3 is 2.45 bits per heavy atom. The summed E-state index contributed by atoms with van der Waals surface area (Å²) in [6.07, 6.45) is 2.07. The van der Waals surface area contributed by atoms with Gasteiger partial charge in [0.1, 0.15) is 0 Å². The zero-order chi connectivity index (χ0) is 15.6. The molecule has 22 heavy (non-hydrogen) atoms. The maximum absolute atomic E-state index is 5.51. The summed E-state index contributed by atoms with van der Waals surface area (Å²) in [5.41, 5.74) is 5.88. The van der Waals surface area contributed by atoms with E-state index in [9.17, 15) is 0 Å². The Bertz CT molecular complexity index is 736. The fourth-order valence-electron chi connectivity index (χ4n) is 2.49. The first-order valence-electron chi connectivity index (χ1n) is 7.46. The third-order valence-electron chi connectivity index (χ3n) is 3.59. The third kappa shape index (κ3) is 3.16. The van der Waals surface area contributed by atoms with Gasteiger partial charge in [-0.25, -0.2) is 0 Å². The van der Waals surface area contributed by atoms with Gasteiger partial charge in [0, 0.05) is 0 Å². The van der Waals surface area contributed by atoms with Gasteiger partial charge in [0.2, 0.25) is 6.79 Å². The molecular formula is C19H20O2Si. The molecule has 3 heteroatoms. The highest BCUT2D eigenvalue weighted by molar-refractivity contribution is 6.93. The van der Waals surface area contributed by atoms with Gasteiger partial charge in [-0.05, 0) is 34.5 Å². The van der Waals surface area contributed by atoms with Crippen molar-refractivity contribution in [3.63, 3.8) is 0 Å². The molecule has 0 bridgehead atoms. The van der Waals surface area contributed by atoms with Gasteiger partial charge in [0.15, 0.2) is 11.5 Å². The van der Waals surface area contributed by atoms with E-state index in [1.54, 1.807) is 0 Å². The molecule has 0 atom stereocenters. The molecule has 0 N–H and O–H groups in total. The first-order chi connectivity index (χ1) is 10.5. The van der Waals surface area contributed by atoms with Crippen LogP contribution in [0.3, 0.4) is 0 Å². The van der Waals surface area contributed by atoms with Gasteiger partial charge in [0.05, 0.1) is 8.07 Å². The van der Waals surface area contributed by atoms with E-state index in [4.69, 9.17) is 9.47 Å². The lowest BCUT2D eigenvalue weighted by Crippen LogP contribution is -2.22. The first kappa shape index (κ1) is 14.7. The van der Waals surface area contributed by atoms with Crippen LogP contribution in [0.5, 0.6) is 11.5 Å². The van der Waals surface area contributed by atoms with Crippen LogP contribution in [0.1, 0.15) is 11.1 Å². The molecule has 0 saturated carbocycles. The molecule has 0 spiro atoms. The van der Waals surface area contributed by atoms with Crippen LogP contribution in [0.2, 0.25) is 19.6 Å². The Morgan fingerprint density at radius 2 is 1.73 bits per heavy atom. The minimum Gasteiger partial charge on any atom is -0.454 e. The molecule has 0 aromatic heterocycles. The second-order valence-corrected chi connectivity index (χ2v) is 11.4. The van der Waals surface area contributed by atoms with Gasteiger partial charge in [-0.15, -0.1) is 5.73 Å². The number of hydrogen-bond acceptors (Lipinski definition) is 2. The van der Waals surface area contributed by atoms with Crippen molar-refractivity contribution in [3.8, 4) is 11.5 Å². The van der Waals surface area contributed by atoms with E-state index in [1.807, 2.05) is 24.3 Å². The number of ether oxygens (including phenoxy) is 2. The lowest BCUT2D eigenvalue weighted by atomic mass is 10.1. The SMILES string of the molecule is C[Si](C)(C)C(=C=Cc1ccccc1)c1ccc2c(c1)OCO2. The fraction of sp³-hybridized carbons (Fsp3) is 0.211. The number of hydrogen-bond donors (Lipinski definition) is 0. The van der Waals surface area contributed by atoms with Crippen LogP contribution in [0.25, 0.3) is 11.3 Å². The average molecular weight is 308 g/mol. The molecule has 0 fully saturated rings. The van der Waals surface area contributed by atoms with E-state index in [2.05, 4.69) is 55.7 Å². The standard InChI is InChI=1S/C19H20O2Si/c1-22(2,3)19(12-9-15-7-5-4-6-8-15)16-10-11-17-18(13-16)21-14-20-17/h4-11,13H,14H2,1-3H3. The Kier molecular flexibility index (Phi) is 3.93. The highest BCUT2D eigenvalue weighted by atomic mass is 28.3. The predicted octanol–water partition coefficient (Wildman–Crippen LogP) is 4.99. The van der Waals surface area contributed by atoms with Crippen molar-refractivity contribution in [2.45, 2.75) is 19.6 Å². The highest BCUT2D eigenvalue weighted by Crippen LogP contribution is 2.36. The summed E-state index contributed by atoms with van der Waals surface area (Å²) in [5, 5.41) is 1.29. The quantitative estimate of drug-likeness (QED) is 0.587. The largest absolute Gasteiger partial charge is 0.454 e. The molecular weight excluding hydrogens is 288 g/mol. The molecule has 1 heterocycles. The zero-order valence-corrected chi connectivity index (χ0v) is 14.2. The number of rotatable bonds is 3. The molecule has 1 aliphatic heterocycles. The molecule has 1 aliphatic rings. The maximum Gasteiger partial charge on any atom is 0.231 e. The van der Waals surface area contributed by atoms with E-state index in [1.165, 1.54) is 16.3 Å². The van der Waals surface area contributed by atoms with Crippen LogP contribution >= 0.6 is 0 Å². The van der Waals surface area contributed by atoms with Gasteiger partial charge >= 0.3 is 0 Å². The van der Waals surface area contributed by atoms with Crippen molar-refractivity contribution in [1.29, 1.82) is 0 Å². The molecule has 3 rings (SSSR count). The fourth-order valence-corrected chi connectivity index (χ4v) is 4.02. The molecule has 0 amide bonds. The van der Waals surface area contributed by atoms with Crippen molar-refractivity contribution in [1.82, 2.24) is 0 Å². The summed E-state index contributed by atoms with van der Waals surface area (Å²) < 4.78 is 10.9. The summed E-state index contributed by atoms with van der Waals surface area (Å²) in [6.45, 7) is 7.31. The minimum atomic E-state index is -1.54. The molecule has 2 aromatic carbocycles. The Hall–Kier alpha value is -2.22. The average Bonchev–Trinajstić information content (AvgIpc) is 2.95. The number of benzene rings is 2. The van der Waals surface area contributed by atoms with Crippen molar-refractivity contribution in [3.05, 3.63) is 65.4 Å². The lowest BCUT2D eigenvalue weighted by Gasteiger charge is -2.19. The zero-order valence-electron chi connectivity index (χ0n) is 13.2. The molecule has 0 aliphatic carbocycles. The van der Waals surface area contributed by atoms with Crippen LogP contribution in [0, 0.1) is 0 Å². The maximum atomic E-state index is 5.51. The lowest BCUT2D eigenvalue weighted by molar-refractivity contribution is 0.174. The smallest absolute Gasteiger partial charge is 0.231 e. The van der Waals surface area contributed by atoms with Crippen LogP contribution in [-0.2, 0) is 0 Å². The summed E-state index contributed by atoms with van der Waals surface area (Å²) in [6, 6.07) is 16.5. The van der Waals surface area contributed by atoms with E-state index in [0.717, 1.165) is 11.5 Å². The monoisotopic (exact) mass is 308 g/mol. The normalized spacial score (nSPS) is 12.7. The Balaban J connectivity index is 2.06. The molecule has 2 aromatic rings. The van der Waals surface area contributed by atoms with E-state index < -0.39 is 8.07 Å². The van der Waals surface area contributed by atoms with Crippen LogP contribution in [0.4, 0.5) is 0 Å². The van der Waals surface area contributed by atoms with E-state index in [0.29, 0.717) is 6.79 Å². The molecule has 0 saturated heterocycles. The van der Waals surface area contributed by atoms with Gasteiger partial charge in [-0.3, -0.25) is 0 Å². The predicted molar refractivity (Wildman–Crippen MR) is 93.7 cm³/mol. The van der Waals surface area contributed by atoms with E-state index in [-0.39, 0.29) is 0 Å². The summed E-state index contributed by atoms with van der Waals surface area (Å²) in [7, 11) is -1.54. The highest BCUT2D eigenvalue weighted by Gasteiger charge is 2.23. The first-order valence-corrected chi connectivity index (χ1v) is 11.0. The third-order valence-corrected chi connectivity index (χ3v) is 5.53. The Labute approximate surface area is 132 Å². The second kappa shape index (κ2) is 5.88. The van der Waals surface area contributed by atoms with Gasteiger partial charge in [-0.1, -0.05) is 56.0 Å². The minimum absolute atomic E-state index is 0.310. The van der Waals surface area contributed by atoms with Crippen molar-refractivity contribution >= 4 is 19.3 Å². The van der Waals surface area contributed by atoms with Gasteiger partial charge < -0.3 is 9.47 Å². The van der Waals surface area contributed by atoms with Gasteiger partial charge in [-0.2, -0.15) is 0 Å². The summed E-state index contributed by atoms with van der Waals surface area (Å²) in [5.74, 6) is 1.65. The Morgan fingerprint density at radius 1 is 1.00 bits per heavy atom. The molecule has 0 radical (unpaired) electrons. The van der Waals surface area contributed by atoms with Crippen LogP contribution in [-0.4, -0.2) is 14.9 Å². The van der Waals surface area contributed by atoms with Crippen LogP contribution in [0.15, 0.2) is 54.3 Å².